The van der Waals surface area contributed by atoms with Crippen LogP contribution in [0.4, 0.5) is 11.5 Å². The fraction of sp³-hybridized carbons (Fsp3) is 0.367. The van der Waals surface area contributed by atoms with Crippen molar-refractivity contribution >= 4 is 29.2 Å². The molecular weight excluding hydrogens is 508 g/mol. The number of pyridine rings is 2. The molecule has 0 spiro atoms. The number of ether oxygens (including phenoxy) is 1. The number of nitrogens with one attached hydrogen (secondary N) is 3. The maximum Gasteiger partial charge on any atom is 0.255 e. The van der Waals surface area contributed by atoms with Crippen LogP contribution in [0.1, 0.15) is 52.0 Å². The quantitative estimate of drug-likeness (QED) is 0.356. The number of aromatic nitrogens is 2. The van der Waals surface area contributed by atoms with Crippen LogP contribution in [0.5, 0.6) is 5.75 Å². The van der Waals surface area contributed by atoms with Crippen LogP contribution in [-0.2, 0) is 11.3 Å². The molecule has 3 amide bonds. The lowest BCUT2D eigenvalue weighted by Gasteiger charge is -2.32. The van der Waals surface area contributed by atoms with Crippen LogP contribution in [0, 0.1) is 11.8 Å². The van der Waals surface area contributed by atoms with Gasteiger partial charge in [-0.05, 0) is 80.6 Å². The summed E-state index contributed by atoms with van der Waals surface area (Å²) in [4.78, 5) is 48.3. The molecule has 208 valence electrons. The molecule has 10 heteroatoms. The Labute approximate surface area is 233 Å². The first-order valence-electron chi connectivity index (χ1n) is 13.6. The second kappa shape index (κ2) is 12.7. The minimum absolute atomic E-state index is 0.0387. The minimum atomic E-state index is -0.385. The van der Waals surface area contributed by atoms with Gasteiger partial charge in [0, 0.05) is 37.0 Å². The molecule has 3 N–H and O–H groups in total. The summed E-state index contributed by atoms with van der Waals surface area (Å²) in [6, 6.07) is 12.8. The first-order valence-corrected chi connectivity index (χ1v) is 13.6. The number of carbonyl (C=O) groups is 3. The molecule has 1 saturated heterocycles. The van der Waals surface area contributed by atoms with Gasteiger partial charge in [-0.25, -0.2) is 4.98 Å². The van der Waals surface area contributed by atoms with Crippen molar-refractivity contribution in [1.82, 2.24) is 20.2 Å². The van der Waals surface area contributed by atoms with E-state index in [0.717, 1.165) is 51.1 Å². The first kappa shape index (κ1) is 27.3. The molecule has 2 aliphatic rings. The molecular formula is C30H34N6O4. The highest BCUT2D eigenvalue weighted by molar-refractivity contribution is 6.05. The van der Waals surface area contributed by atoms with E-state index in [2.05, 4.69) is 43.0 Å². The van der Waals surface area contributed by atoms with Gasteiger partial charge >= 0.3 is 0 Å². The van der Waals surface area contributed by atoms with Crippen LogP contribution in [0.15, 0.2) is 61.1 Å². The normalized spacial score (nSPS) is 15.7. The summed E-state index contributed by atoms with van der Waals surface area (Å²) in [7, 11) is 1.68. The predicted molar refractivity (Wildman–Crippen MR) is 151 cm³/mol. The molecule has 10 nitrogen and oxygen atoms in total. The van der Waals surface area contributed by atoms with E-state index in [-0.39, 0.29) is 23.6 Å². The Balaban J connectivity index is 1.08. The molecule has 0 bridgehead atoms. The van der Waals surface area contributed by atoms with Crippen molar-refractivity contribution in [1.29, 1.82) is 0 Å². The lowest BCUT2D eigenvalue weighted by molar-refractivity contribution is -0.117. The molecule has 5 rings (SSSR count). The fourth-order valence-corrected chi connectivity index (χ4v) is 4.77. The molecule has 0 atom stereocenters. The minimum Gasteiger partial charge on any atom is -0.497 e. The Morgan fingerprint density at radius 2 is 1.77 bits per heavy atom. The number of benzene rings is 1. The number of rotatable bonds is 10. The number of amides is 3. The van der Waals surface area contributed by atoms with Gasteiger partial charge in [0.1, 0.15) is 11.6 Å². The van der Waals surface area contributed by atoms with Crippen molar-refractivity contribution in [3.05, 3.63) is 77.7 Å². The number of anilines is 2. The molecule has 3 heterocycles. The second-order valence-electron chi connectivity index (χ2n) is 10.4. The van der Waals surface area contributed by atoms with Crippen LogP contribution in [0.25, 0.3) is 0 Å². The van der Waals surface area contributed by atoms with Gasteiger partial charge in [-0.15, -0.1) is 0 Å². The highest BCUT2D eigenvalue weighted by Gasteiger charge is 2.30. The summed E-state index contributed by atoms with van der Waals surface area (Å²) in [5, 5.41) is 8.54. The number of nitrogens with zero attached hydrogens (tertiary/aromatic N) is 3. The smallest absolute Gasteiger partial charge is 0.255 e. The standard InChI is InChI=1S/C30H34N6O4/c1-40-26-4-2-3-21(13-26)19-36-11-8-20(9-12-36)16-33-28(37)24-14-25(18-31-17-24)34-30(39)23-7-10-32-27(15-23)35-29(38)22-5-6-22/h2-4,7,10,13-15,17-18,20,22H,5-6,8-9,11-12,16,19H2,1H3,(H,33,37)(H,34,39)(H,32,35,38). The molecule has 2 fully saturated rings. The Bertz CT molecular complexity index is 1370. The van der Waals surface area contributed by atoms with E-state index >= 15 is 0 Å². The molecule has 3 aromatic rings. The third-order valence-corrected chi connectivity index (χ3v) is 7.28. The highest BCUT2D eigenvalue weighted by atomic mass is 16.5. The monoisotopic (exact) mass is 542 g/mol. The van der Waals surface area contributed by atoms with Crippen LogP contribution in [-0.4, -0.2) is 59.3 Å². The molecule has 1 aliphatic heterocycles. The van der Waals surface area contributed by atoms with Gasteiger partial charge in [0.2, 0.25) is 5.91 Å². The van der Waals surface area contributed by atoms with Crippen LogP contribution in [0.3, 0.4) is 0 Å². The molecule has 40 heavy (non-hydrogen) atoms. The summed E-state index contributed by atoms with van der Waals surface area (Å²) in [5.41, 5.74) is 2.35. The van der Waals surface area contributed by atoms with E-state index in [1.54, 1.807) is 19.2 Å². The average molecular weight is 543 g/mol. The third-order valence-electron chi connectivity index (χ3n) is 7.28. The van der Waals surface area contributed by atoms with E-state index in [0.29, 0.717) is 35.1 Å². The van der Waals surface area contributed by atoms with Gasteiger partial charge in [-0.1, -0.05) is 12.1 Å². The number of carbonyl (C=O) groups excluding carboxylic acids is 3. The Morgan fingerprint density at radius 1 is 0.950 bits per heavy atom. The van der Waals surface area contributed by atoms with Gasteiger partial charge in [-0.3, -0.25) is 24.3 Å². The zero-order valence-electron chi connectivity index (χ0n) is 22.6. The fourth-order valence-electron chi connectivity index (χ4n) is 4.77. The number of methoxy groups -OCH3 is 1. The average Bonchev–Trinajstić information content (AvgIpc) is 3.83. The molecule has 0 unspecified atom stereocenters. The maximum atomic E-state index is 12.8. The van der Waals surface area contributed by atoms with Crippen molar-refractivity contribution in [2.45, 2.75) is 32.2 Å². The summed E-state index contributed by atoms with van der Waals surface area (Å²) in [6.45, 7) is 3.43. The number of hydrogen-bond acceptors (Lipinski definition) is 7. The van der Waals surface area contributed by atoms with Crippen LogP contribution in [0.2, 0.25) is 0 Å². The Morgan fingerprint density at radius 3 is 2.55 bits per heavy atom. The zero-order chi connectivity index (χ0) is 27.9. The Kier molecular flexibility index (Phi) is 8.65. The summed E-state index contributed by atoms with van der Waals surface area (Å²) >= 11 is 0. The topological polar surface area (TPSA) is 126 Å². The van der Waals surface area contributed by atoms with E-state index in [9.17, 15) is 14.4 Å². The second-order valence-corrected chi connectivity index (χ2v) is 10.4. The van der Waals surface area contributed by atoms with Crippen LogP contribution >= 0.6 is 0 Å². The molecule has 2 aromatic heterocycles. The van der Waals surface area contributed by atoms with E-state index < -0.39 is 0 Å². The third kappa shape index (κ3) is 7.41. The van der Waals surface area contributed by atoms with Gasteiger partial charge in [0.15, 0.2) is 0 Å². The molecule has 1 aromatic carbocycles. The molecule has 1 aliphatic carbocycles. The number of piperidine rings is 1. The first-order chi connectivity index (χ1) is 19.5. The van der Waals surface area contributed by atoms with Gasteiger partial charge in [0.05, 0.1) is 24.6 Å². The Hall–Kier alpha value is -4.31. The number of likely N-dealkylation sites (tertiary alicyclic amines) is 1. The van der Waals surface area contributed by atoms with E-state index in [1.807, 2.05) is 12.1 Å². The van der Waals surface area contributed by atoms with E-state index in [4.69, 9.17) is 4.74 Å². The van der Waals surface area contributed by atoms with Gasteiger partial charge in [-0.2, -0.15) is 0 Å². The lowest BCUT2D eigenvalue weighted by atomic mass is 9.96. The zero-order valence-corrected chi connectivity index (χ0v) is 22.6. The number of hydrogen-bond donors (Lipinski definition) is 3. The SMILES string of the molecule is COc1cccc(CN2CCC(CNC(=O)c3cncc(NC(=O)c4ccnc(NC(=O)C5CC5)c4)c3)CC2)c1. The molecule has 0 radical (unpaired) electrons. The molecule has 1 saturated carbocycles. The summed E-state index contributed by atoms with van der Waals surface area (Å²) in [5.74, 6) is 0.961. The summed E-state index contributed by atoms with van der Waals surface area (Å²) < 4.78 is 5.32. The lowest BCUT2D eigenvalue weighted by Crippen LogP contribution is -2.38. The van der Waals surface area contributed by atoms with Crippen molar-refractivity contribution in [3.8, 4) is 5.75 Å². The highest BCUT2D eigenvalue weighted by Crippen LogP contribution is 2.30. The van der Waals surface area contributed by atoms with Crippen LogP contribution < -0.4 is 20.7 Å². The van der Waals surface area contributed by atoms with Crippen molar-refractivity contribution in [2.75, 3.05) is 37.4 Å². The largest absolute Gasteiger partial charge is 0.497 e. The maximum absolute atomic E-state index is 12.8. The van der Waals surface area contributed by atoms with Gasteiger partial charge < -0.3 is 20.7 Å². The van der Waals surface area contributed by atoms with Crippen molar-refractivity contribution in [2.24, 2.45) is 11.8 Å². The predicted octanol–water partition coefficient (Wildman–Crippen LogP) is 3.73. The van der Waals surface area contributed by atoms with E-state index in [1.165, 1.54) is 30.2 Å². The van der Waals surface area contributed by atoms with Gasteiger partial charge in [0.25, 0.3) is 11.8 Å². The van der Waals surface area contributed by atoms with Crippen molar-refractivity contribution < 1.29 is 19.1 Å². The van der Waals surface area contributed by atoms with Crippen molar-refractivity contribution in [3.63, 3.8) is 0 Å². The summed E-state index contributed by atoms with van der Waals surface area (Å²) in [6.07, 6.45) is 8.23.